The number of hydrogen-bond acceptors (Lipinski definition) is 4. The molecule has 0 unspecified atom stereocenters. The Labute approximate surface area is 115 Å². The van der Waals surface area contributed by atoms with Gasteiger partial charge in [0.05, 0.1) is 5.69 Å². The van der Waals surface area contributed by atoms with Crippen LogP contribution in [0.2, 0.25) is 0 Å². The fraction of sp³-hybridized carbons (Fsp3) is 0.143. The van der Waals surface area contributed by atoms with E-state index in [0.717, 1.165) is 10.2 Å². The number of hydrogen-bond donors (Lipinski definition) is 1. The molecule has 2 N–H and O–H groups in total. The third kappa shape index (κ3) is 2.51. The quantitative estimate of drug-likeness (QED) is 0.852. The Balaban J connectivity index is 2.42. The lowest BCUT2D eigenvalue weighted by Crippen LogP contribution is -2.31. The fourth-order valence-corrected chi connectivity index (χ4v) is 2.84. The molecule has 0 bridgehead atoms. The zero-order chi connectivity index (χ0) is 13.8. The predicted molar refractivity (Wildman–Crippen MR) is 80.3 cm³/mol. The molecule has 0 aromatic carbocycles. The maximum Gasteiger partial charge on any atom is 0.266 e. The number of carbonyl (C=O) groups is 1. The van der Waals surface area contributed by atoms with E-state index in [4.69, 9.17) is 5.73 Å². The number of nitrogens with two attached hydrogens (primary N) is 1. The second kappa shape index (κ2) is 5.67. The standard InChI is InChI=1S/C14H15N3OS/c1-3-8-17(9-4-2)14(18)12-11(15)10-6-5-7-16-13(10)19-12/h3-7H,1-2,8-9,15H2. The van der Waals surface area contributed by atoms with Crippen LogP contribution in [0, 0.1) is 0 Å². The van der Waals surface area contributed by atoms with Gasteiger partial charge in [0.1, 0.15) is 9.71 Å². The number of fused-ring (bicyclic) bond motifs is 1. The smallest absolute Gasteiger partial charge is 0.266 e. The number of aromatic nitrogens is 1. The summed E-state index contributed by atoms with van der Waals surface area (Å²) in [5.41, 5.74) is 6.54. The molecule has 5 heteroatoms. The molecule has 0 fully saturated rings. The first-order chi connectivity index (χ1) is 9.19. The summed E-state index contributed by atoms with van der Waals surface area (Å²) in [6, 6.07) is 3.68. The van der Waals surface area contributed by atoms with Crippen molar-refractivity contribution in [3.8, 4) is 0 Å². The first-order valence-corrected chi connectivity index (χ1v) is 6.64. The van der Waals surface area contributed by atoms with E-state index in [1.807, 2.05) is 12.1 Å². The number of rotatable bonds is 5. The highest BCUT2D eigenvalue weighted by atomic mass is 32.1. The highest BCUT2D eigenvalue weighted by Gasteiger charge is 2.20. The highest BCUT2D eigenvalue weighted by molar-refractivity contribution is 7.21. The predicted octanol–water partition coefficient (Wildman–Crippen LogP) is 2.69. The van der Waals surface area contributed by atoms with Gasteiger partial charge in [-0.1, -0.05) is 12.2 Å². The van der Waals surface area contributed by atoms with Gasteiger partial charge in [0.15, 0.2) is 0 Å². The molecule has 0 aliphatic heterocycles. The van der Waals surface area contributed by atoms with Crippen LogP contribution in [-0.2, 0) is 0 Å². The molecule has 0 spiro atoms. The van der Waals surface area contributed by atoms with Crippen molar-refractivity contribution in [1.29, 1.82) is 0 Å². The van der Waals surface area contributed by atoms with Crippen molar-refractivity contribution in [1.82, 2.24) is 9.88 Å². The second-order valence-corrected chi connectivity index (χ2v) is 4.99. The summed E-state index contributed by atoms with van der Waals surface area (Å²) in [5, 5.41) is 0.827. The van der Waals surface area contributed by atoms with Crippen LogP contribution < -0.4 is 5.73 Å². The minimum absolute atomic E-state index is 0.111. The minimum Gasteiger partial charge on any atom is -0.397 e. The van der Waals surface area contributed by atoms with Crippen LogP contribution in [0.3, 0.4) is 0 Å². The average molecular weight is 273 g/mol. The van der Waals surface area contributed by atoms with Crippen LogP contribution in [0.5, 0.6) is 0 Å². The van der Waals surface area contributed by atoms with Crippen LogP contribution in [0.1, 0.15) is 9.67 Å². The lowest BCUT2D eigenvalue weighted by atomic mass is 10.2. The largest absolute Gasteiger partial charge is 0.397 e. The Morgan fingerprint density at radius 2 is 2.11 bits per heavy atom. The molecule has 0 aliphatic rings. The van der Waals surface area contributed by atoms with Crippen molar-refractivity contribution in [2.75, 3.05) is 18.8 Å². The first kappa shape index (κ1) is 13.3. The molecule has 0 radical (unpaired) electrons. The van der Waals surface area contributed by atoms with Gasteiger partial charge in [0.25, 0.3) is 5.91 Å². The van der Waals surface area contributed by atoms with E-state index < -0.39 is 0 Å². The molecule has 19 heavy (non-hydrogen) atoms. The monoisotopic (exact) mass is 273 g/mol. The average Bonchev–Trinajstić information content (AvgIpc) is 2.76. The number of anilines is 1. The SMILES string of the molecule is C=CCN(CC=C)C(=O)c1sc2ncccc2c1N. The molecule has 2 aromatic heterocycles. The zero-order valence-electron chi connectivity index (χ0n) is 10.5. The molecule has 98 valence electrons. The van der Waals surface area contributed by atoms with Gasteiger partial charge in [-0.15, -0.1) is 24.5 Å². The van der Waals surface area contributed by atoms with Gasteiger partial charge < -0.3 is 10.6 Å². The van der Waals surface area contributed by atoms with E-state index in [2.05, 4.69) is 18.1 Å². The Morgan fingerprint density at radius 3 is 2.68 bits per heavy atom. The third-order valence-corrected chi connectivity index (χ3v) is 3.80. The number of amides is 1. The molecule has 1 amide bonds. The summed E-state index contributed by atoms with van der Waals surface area (Å²) in [6.45, 7) is 8.24. The molecule has 0 atom stereocenters. The van der Waals surface area contributed by atoms with Gasteiger partial charge >= 0.3 is 0 Å². The fourth-order valence-electron chi connectivity index (χ4n) is 1.81. The molecular weight excluding hydrogens is 258 g/mol. The molecule has 0 aliphatic carbocycles. The number of pyridine rings is 1. The molecule has 0 saturated carbocycles. The Morgan fingerprint density at radius 1 is 1.42 bits per heavy atom. The van der Waals surface area contributed by atoms with Crippen LogP contribution in [0.15, 0.2) is 43.6 Å². The lowest BCUT2D eigenvalue weighted by molar-refractivity contribution is 0.0796. The summed E-state index contributed by atoms with van der Waals surface area (Å²) in [7, 11) is 0. The van der Waals surface area contributed by atoms with Crippen molar-refractivity contribution >= 4 is 33.1 Å². The molecule has 2 heterocycles. The minimum atomic E-state index is -0.111. The van der Waals surface area contributed by atoms with Gasteiger partial charge in [-0.2, -0.15) is 0 Å². The van der Waals surface area contributed by atoms with E-state index in [1.165, 1.54) is 11.3 Å². The topological polar surface area (TPSA) is 59.2 Å². The number of carbonyl (C=O) groups excluding carboxylic acids is 1. The van der Waals surface area contributed by atoms with Gasteiger partial charge in [-0.25, -0.2) is 4.98 Å². The molecule has 0 saturated heterocycles. The molecule has 2 rings (SSSR count). The van der Waals surface area contributed by atoms with Crippen molar-refractivity contribution < 1.29 is 4.79 Å². The van der Waals surface area contributed by atoms with Crippen LogP contribution in [0.4, 0.5) is 5.69 Å². The van der Waals surface area contributed by atoms with Crippen molar-refractivity contribution in [3.63, 3.8) is 0 Å². The summed E-state index contributed by atoms with van der Waals surface area (Å²) < 4.78 is 0. The van der Waals surface area contributed by atoms with Gasteiger partial charge in [0.2, 0.25) is 0 Å². The summed E-state index contributed by atoms with van der Waals surface area (Å²) in [6.07, 6.45) is 5.06. The molecule has 4 nitrogen and oxygen atoms in total. The van der Waals surface area contributed by atoms with Crippen molar-refractivity contribution in [2.24, 2.45) is 0 Å². The Bertz CT molecular complexity index is 623. The maximum atomic E-state index is 12.4. The van der Waals surface area contributed by atoms with Crippen LogP contribution in [0.25, 0.3) is 10.2 Å². The van der Waals surface area contributed by atoms with E-state index in [9.17, 15) is 4.79 Å². The van der Waals surface area contributed by atoms with E-state index in [1.54, 1.807) is 23.2 Å². The Hall–Kier alpha value is -2.14. The molecule has 2 aromatic rings. The lowest BCUT2D eigenvalue weighted by Gasteiger charge is -2.18. The van der Waals surface area contributed by atoms with Crippen LogP contribution >= 0.6 is 11.3 Å². The number of nitrogens with zero attached hydrogens (tertiary/aromatic N) is 2. The summed E-state index contributed by atoms with van der Waals surface area (Å²) in [5.74, 6) is -0.111. The van der Waals surface area contributed by atoms with Crippen molar-refractivity contribution in [3.05, 3.63) is 48.5 Å². The van der Waals surface area contributed by atoms with Gasteiger partial charge in [-0.05, 0) is 12.1 Å². The van der Waals surface area contributed by atoms with E-state index in [-0.39, 0.29) is 5.91 Å². The van der Waals surface area contributed by atoms with E-state index in [0.29, 0.717) is 23.7 Å². The zero-order valence-corrected chi connectivity index (χ0v) is 11.3. The third-order valence-electron chi connectivity index (χ3n) is 2.69. The summed E-state index contributed by atoms with van der Waals surface area (Å²) >= 11 is 1.32. The second-order valence-electron chi connectivity index (χ2n) is 3.99. The first-order valence-electron chi connectivity index (χ1n) is 5.83. The van der Waals surface area contributed by atoms with Crippen molar-refractivity contribution in [2.45, 2.75) is 0 Å². The summed E-state index contributed by atoms with van der Waals surface area (Å²) in [4.78, 5) is 19.6. The number of thiophene rings is 1. The van der Waals surface area contributed by atoms with Gasteiger partial charge in [0, 0.05) is 24.7 Å². The Kier molecular flexibility index (Phi) is 3.97. The van der Waals surface area contributed by atoms with E-state index >= 15 is 0 Å². The van der Waals surface area contributed by atoms with Gasteiger partial charge in [-0.3, -0.25) is 4.79 Å². The number of nitrogen functional groups attached to an aromatic ring is 1. The van der Waals surface area contributed by atoms with Crippen LogP contribution in [-0.4, -0.2) is 28.9 Å². The molecular formula is C14H15N3OS. The highest BCUT2D eigenvalue weighted by Crippen LogP contribution is 2.32. The maximum absolute atomic E-state index is 12.4. The normalized spacial score (nSPS) is 10.3.